The van der Waals surface area contributed by atoms with Gasteiger partial charge in [-0.3, -0.25) is 0 Å². The number of fused-ring (bicyclic) bond motifs is 4. The Balaban J connectivity index is 1.05. The van der Waals surface area contributed by atoms with E-state index in [1.165, 1.54) is 11.1 Å². The second kappa shape index (κ2) is 27.7. The molecular weight excluding hydrogens is 1060 g/mol. The number of allylic oxidation sites excluding steroid dienone is 3. The molecule has 86 heavy (non-hydrogen) atoms. The summed E-state index contributed by atoms with van der Waals surface area (Å²) in [6.07, 6.45) is 16.8. The van der Waals surface area contributed by atoms with E-state index < -0.39 is 11.9 Å². The highest BCUT2D eigenvalue weighted by Crippen LogP contribution is 2.32. The highest BCUT2D eigenvalue weighted by molar-refractivity contribution is 6.05. The lowest BCUT2D eigenvalue weighted by atomic mass is 9.84. The van der Waals surface area contributed by atoms with Crippen LogP contribution in [0, 0.1) is 44.1 Å². The first-order valence-electron chi connectivity index (χ1n) is 30.3. The first-order valence-corrected chi connectivity index (χ1v) is 30.3. The van der Waals surface area contributed by atoms with Crippen molar-refractivity contribution in [3.05, 3.63) is 230 Å². The number of esters is 2. The van der Waals surface area contributed by atoms with Crippen LogP contribution in [0.3, 0.4) is 0 Å². The maximum absolute atomic E-state index is 14.5. The minimum absolute atomic E-state index is 0.184. The second-order valence-electron chi connectivity index (χ2n) is 23.0. The Hall–Kier alpha value is -9.12. The van der Waals surface area contributed by atoms with Gasteiger partial charge in [-0.05, 0) is 207 Å². The molecule has 0 aromatic heterocycles. The number of benzene rings is 9. The van der Waals surface area contributed by atoms with Crippen LogP contribution in [0.2, 0.25) is 0 Å². The zero-order chi connectivity index (χ0) is 60.2. The highest BCUT2D eigenvalue weighted by Gasteiger charge is 2.37. The summed E-state index contributed by atoms with van der Waals surface area (Å²) < 4.78 is 30.0. The number of aryl methyl sites for hydroxylation is 5. The van der Waals surface area contributed by atoms with Crippen molar-refractivity contribution in [2.24, 2.45) is 5.41 Å². The third kappa shape index (κ3) is 14.0. The van der Waals surface area contributed by atoms with Crippen LogP contribution in [-0.4, -0.2) is 45.0 Å². The number of carbonyl (C=O) groups excluding carboxylic acids is 2. The van der Waals surface area contributed by atoms with Crippen molar-refractivity contribution in [2.75, 3.05) is 33.0 Å². The van der Waals surface area contributed by atoms with Crippen LogP contribution >= 0.6 is 0 Å². The zero-order valence-corrected chi connectivity index (χ0v) is 50.3. The maximum atomic E-state index is 14.5. The Bertz CT molecular complexity index is 4320. The molecule has 0 amide bonds. The van der Waals surface area contributed by atoms with Crippen molar-refractivity contribution >= 4 is 78.5 Å². The lowest BCUT2D eigenvalue weighted by Crippen LogP contribution is -2.45. The number of unbranched alkanes of at least 4 members (excludes halogenated alkanes) is 3. The number of nitriles is 1. The number of hydrogen-bond donors (Lipinski definition) is 0. The maximum Gasteiger partial charge on any atom is 0.343 e. The number of hydrogen-bond acceptors (Lipinski definition) is 8. The largest absolute Gasteiger partial charge is 0.494 e. The van der Waals surface area contributed by atoms with Gasteiger partial charge < -0.3 is 23.7 Å². The molecule has 0 radical (unpaired) electrons. The quantitative estimate of drug-likeness (QED) is 0.0156. The molecule has 1 heterocycles. The lowest BCUT2D eigenvalue weighted by Gasteiger charge is -2.40. The number of carbonyl (C=O) groups is 2. The summed E-state index contributed by atoms with van der Waals surface area (Å²) in [5, 5.41) is 20.0. The minimum Gasteiger partial charge on any atom is -0.494 e. The Morgan fingerprint density at radius 2 is 1.13 bits per heavy atom. The molecule has 1 aliphatic rings. The average molecular weight is 1140 g/mol. The summed E-state index contributed by atoms with van der Waals surface area (Å²) in [5.74, 6) is 0.359. The third-order valence-corrected chi connectivity index (χ3v) is 16.5. The Morgan fingerprint density at radius 1 is 0.581 bits per heavy atom. The smallest absolute Gasteiger partial charge is 0.343 e. The molecule has 0 saturated carbocycles. The monoisotopic (exact) mass is 1140 g/mol. The molecule has 0 unspecified atom stereocenters. The molecule has 9 heteroatoms. The summed E-state index contributed by atoms with van der Waals surface area (Å²) in [4.78, 5) is 31.9. The summed E-state index contributed by atoms with van der Waals surface area (Å²) in [5.41, 5.74) is 8.38. The van der Waals surface area contributed by atoms with E-state index in [0.29, 0.717) is 46.3 Å². The lowest BCUT2D eigenvalue weighted by molar-refractivity contribution is -0.150. The van der Waals surface area contributed by atoms with Gasteiger partial charge in [0.05, 0.1) is 55.8 Å². The SMILES string of the molecule is [C-]#[N+]/C(=C\C=c1/c2ccc(C(=O)Oc3ccc(C(=O)Oc4ccc(C)cc4C)cc3C)cc2/c(=C/C=C(\C#N)c2ccc3cc(CCC)ccc3c2)c2ccc(OCCCCCCOCC3(CC)COC3)cc12)c1ccc2cc(CCC)ccc2c1. The first kappa shape index (κ1) is 60.0. The molecule has 0 bridgehead atoms. The van der Waals surface area contributed by atoms with Crippen molar-refractivity contribution < 1.29 is 33.3 Å². The van der Waals surface area contributed by atoms with E-state index in [4.69, 9.17) is 30.3 Å². The van der Waals surface area contributed by atoms with Gasteiger partial charge >= 0.3 is 11.9 Å². The average Bonchev–Trinajstić information content (AvgIpc) is 0.886. The molecule has 9 aromatic carbocycles. The minimum atomic E-state index is -0.595. The van der Waals surface area contributed by atoms with Crippen molar-refractivity contribution in [3.63, 3.8) is 0 Å². The van der Waals surface area contributed by atoms with Gasteiger partial charge in [0.25, 0.3) is 0 Å². The molecular formula is C77H74N2O7. The predicted molar refractivity (Wildman–Crippen MR) is 349 cm³/mol. The standard InChI is InChI=1S/C77H74N2O7/c1-8-15-54-18-20-58-43-60(23-22-56(58)41-54)64(47-78)27-31-67-68-32-29-65(84-38-14-12-11-13-37-82-48-77(10-3)49-83-50-77)46-71(68)69(33-34-72(79-7)61-25-24-57-42-55(16-9-2)19-21-59(57)44-61)66-30-26-63(45-70(66)67)76(81)86-74-36-28-62(40-53(74)6)75(80)85-73-35-17-51(4)39-52(73)5/h17-36,39-46H,8-16,37-38,48-50H2,1-6H3/b64-27+,67-31+,69-33+,72-34-. The molecule has 1 saturated heterocycles. The Labute approximate surface area is 505 Å². The molecule has 0 atom stereocenters. The molecule has 9 aromatic rings. The summed E-state index contributed by atoms with van der Waals surface area (Å²) in [6, 6.07) is 49.9. The number of nitrogens with zero attached hydrogens (tertiary/aromatic N) is 2. The zero-order valence-electron chi connectivity index (χ0n) is 50.3. The van der Waals surface area contributed by atoms with Gasteiger partial charge in [0, 0.05) is 12.0 Å². The van der Waals surface area contributed by atoms with Gasteiger partial charge in [0.15, 0.2) is 5.70 Å². The highest BCUT2D eigenvalue weighted by atomic mass is 16.5. The Morgan fingerprint density at radius 3 is 1.73 bits per heavy atom. The van der Waals surface area contributed by atoms with Crippen LogP contribution in [0.5, 0.6) is 17.2 Å². The fourth-order valence-electron chi connectivity index (χ4n) is 11.4. The molecule has 1 fully saturated rings. The van der Waals surface area contributed by atoms with Crippen LogP contribution in [0.4, 0.5) is 0 Å². The third-order valence-electron chi connectivity index (χ3n) is 16.5. The van der Waals surface area contributed by atoms with Crippen LogP contribution in [0.1, 0.15) is 125 Å². The van der Waals surface area contributed by atoms with Crippen LogP contribution in [0.25, 0.3) is 71.4 Å². The van der Waals surface area contributed by atoms with Crippen LogP contribution in [0.15, 0.2) is 158 Å². The van der Waals surface area contributed by atoms with Crippen molar-refractivity contribution in [2.45, 2.75) is 99.3 Å². The fraction of sp³-hybridized carbons (Fsp3) is 0.273. The van der Waals surface area contributed by atoms with E-state index in [-0.39, 0.29) is 11.0 Å². The van der Waals surface area contributed by atoms with Crippen molar-refractivity contribution in [1.82, 2.24) is 0 Å². The van der Waals surface area contributed by atoms with E-state index in [9.17, 15) is 14.9 Å². The fourth-order valence-corrected chi connectivity index (χ4v) is 11.4. The summed E-state index contributed by atoms with van der Waals surface area (Å²) in [7, 11) is 0. The van der Waals surface area contributed by atoms with Crippen molar-refractivity contribution in [3.8, 4) is 23.3 Å². The van der Waals surface area contributed by atoms with Crippen LogP contribution in [-0.2, 0) is 22.3 Å². The molecule has 9 nitrogen and oxygen atoms in total. The molecule has 1 aliphatic heterocycles. The van der Waals surface area contributed by atoms with Gasteiger partial charge in [-0.15, -0.1) is 0 Å². The summed E-state index contributed by atoms with van der Waals surface area (Å²) >= 11 is 0. The van der Waals surface area contributed by atoms with Gasteiger partial charge in [-0.1, -0.05) is 155 Å². The van der Waals surface area contributed by atoms with Gasteiger partial charge in [-0.25, -0.2) is 14.4 Å². The second-order valence-corrected chi connectivity index (χ2v) is 23.0. The van der Waals surface area contributed by atoms with E-state index >= 15 is 0 Å². The van der Waals surface area contributed by atoms with Crippen molar-refractivity contribution in [1.29, 1.82) is 5.26 Å². The van der Waals surface area contributed by atoms with E-state index in [1.54, 1.807) is 37.3 Å². The van der Waals surface area contributed by atoms with E-state index in [1.807, 2.05) is 86.7 Å². The first-order chi connectivity index (χ1) is 41.9. The predicted octanol–water partition coefficient (Wildman–Crippen LogP) is 17.1. The summed E-state index contributed by atoms with van der Waals surface area (Å²) in [6.45, 7) is 24.3. The molecule has 0 N–H and O–H groups in total. The molecule has 0 aliphatic carbocycles. The van der Waals surface area contributed by atoms with Crippen LogP contribution < -0.4 is 24.6 Å². The molecule has 10 rings (SSSR count). The number of ether oxygens (including phenoxy) is 5. The van der Waals surface area contributed by atoms with E-state index in [0.717, 1.165) is 160 Å². The van der Waals surface area contributed by atoms with Gasteiger partial charge in [0.2, 0.25) is 0 Å². The van der Waals surface area contributed by atoms with Gasteiger partial charge in [0.1, 0.15) is 17.2 Å². The van der Waals surface area contributed by atoms with Gasteiger partial charge in [-0.2, -0.15) is 5.26 Å². The number of rotatable bonds is 23. The van der Waals surface area contributed by atoms with E-state index in [2.05, 4.69) is 98.4 Å². The topological polar surface area (TPSA) is 108 Å². The molecule has 434 valence electrons. The Kier molecular flexibility index (Phi) is 19.3. The normalized spacial score (nSPS) is 13.7. The molecule has 0 spiro atoms.